The Morgan fingerprint density at radius 1 is 0.920 bits per heavy atom. The Kier molecular flexibility index (Phi) is 13.5. The Morgan fingerprint density at radius 3 is 2.08 bits per heavy atom. The lowest BCUT2D eigenvalue weighted by atomic mass is 10.1. The smallest absolute Gasteiger partial charge is 0.125 e. The highest BCUT2D eigenvalue weighted by Crippen LogP contribution is 2.16. The summed E-state index contributed by atoms with van der Waals surface area (Å²) < 4.78 is 0. The first-order chi connectivity index (χ1) is 12.3. The Hall–Kier alpha value is -0.960. The molecule has 0 radical (unpaired) electrons. The van der Waals surface area contributed by atoms with Crippen LogP contribution in [0.2, 0.25) is 0 Å². The van der Waals surface area contributed by atoms with E-state index in [2.05, 4.69) is 24.4 Å². The predicted molar refractivity (Wildman–Crippen MR) is 109 cm³/mol. The molecule has 1 heterocycles. The number of nitrogens with one attached hydrogen (secondary N) is 1. The third-order valence-corrected chi connectivity index (χ3v) is 5.07. The van der Waals surface area contributed by atoms with Crippen molar-refractivity contribution in [1.82, 2.24) is 10.2 Å². The third kappa shape index (κ3) is 11.3. The summed E-state index contributed by atoms with van der Waals surface area (Å²) in [6.45, 7) is 4.10. The molecule has 2 N–H and O–H groups in total. The zero-order valence-corrected chi connectivity index (χ0v) is 16.8. The normalized spacial score (nSPS) is 18.2. The van der Waals surface area contributed by atoms with Gasteiger partial charge in [-0.15, -0.1) is 0 Å². The van der Waals surface area contributed by atoms with Gasteiger partial charge in [-0.1, -0.05) is 70.4 Å². The topological polar surface area (TPSA) is 35.5 Å². The highest BCUT2D eigenvalue weighted by atomic mass is 16.3. The van der Waals surface area contributed by atoms with E-state index >= 15 is 0 Å². The zero-order valence-electron chi connectivity index (χ0n) is 16.8. The van der Waals surface area contributed by atoms with Crippen molar-refractivity contribution in [2.75, 3.05) is 0 Å². The fourth-order valence-electron chi connectivity index (χ4n) is 3.46. The summed E-state index contributed by atoms with van der Waals surface area (Å²) in [7, 11) is 0. The molecule has 1 rings (SSSR count). The molecule has 1 aliphatic heterocycles. The molecule has 0 saturated carbocycles. The molecule has 3 nitrogen and oxygen atoms in total. The summed E-state index contributed by atoms with van der Waals surface area (Å²) in [6, 6.07) is 0. The quantitative estimate of drug-likeness (QED) is 0.262. The van der Waals surface area contributed by atoms with Crippen molar-refractivity contribution < 1.29 is 5.11 Å². The van der Waals surface area contributed by atoms with Crippen molar-refractivity contribution in [2.45, 2.75) is 116 Å². The average Bonchev–Trinajstić information content (AvgIpc) is 3.07. The molecule has 0 aliphatic carbocycles. The maximum Gasteiger partial charge on any atom is 0.125 e. The first-order valence-corrected chi connectivity index (χ1v) is 10.8. The van der Waals surface area contributed by atoms with Gasteiger partial charge in [0.1, 0.15) is 12.4 Å². The highest BCUT2D eigenvalue weighted by molar-refractivity contribution is 4.94. The van der Waals surface area contributed by atoms with Gasteiger partial charge >= 0.3 is 0 Å². The Labute approximate surface area is 156 Å². The van der Waals surface area contributed by atoms with E-state index in [0.717, 1.165) is 6.42 Å². The van der Waals surface area contributed by atoms with E-state index in [4.69, 9.17) is 0 Å². The molecular weight excluding hydrogens is 308 g/mol. The molecule has 0 aromatic heterocycles. The summed E-state index contributed by atoms with van der Waals surface area (Å²) in [5.74, 6) is 0. The second-order valence-electron chi connectivity index (χ2n) is 7.45. The maximum atomic E-state index is 9.68. The van der Waals surface area contributed by atoms with Crippen molar-refractivity contribution >= 4 is 0 Å². The van der Waals surface area contributed by atoms with Crippen LogP contribution in [0.1, 0.15) is 104 Å². The van der Waals surface area contributed by atoms with E-state index in [1.807, 2.05) is 24.2 Å². The monoisotopic (exact) mass is 350 g/mol. The first-order valence-electron chi connectivity index (χ1n) is 10.8. The lowest BCUT2D eigenvalue weighted by molar-refractivity contribution is 0.0254. The minimum absolute atomic E-state index is 0.280. The maximum absolute atomic E-state index is 9.68. The Morgan fingerprint density at radius 2 is 1.48 bits per heavy atom. The van der Waals surface area contributed by atoms with Gasteiger partial charge in [0.2, 0.25) is 0 Å². The summed E-state index contributed by atoms with van der Waals surface area (Å²) >= 11 is 0. The molecule has 25 heavy (non-hydrogen) atoms. The molecule has 0 spiro atoms. The van der Waals surface area contributed by atoms with Gasteiger partial charge in [0.25, 0.3) is 0 Å². The van der Waals surface area contributed by atoms with Crippen molar-refractivity contribution in [3.63, 3.8) is 0 Å². The number of nitrogens with zero attached hydrogens (tertiary/aromatic N) is 1. The van der Waals surface area contributed by atoms with Gasteiger partial charge in [-0.25, -0.2) is 0 Å². The second kappa shape index (κ2) is 15.3. The van der Waals surface area contributed by atoms with E-state index in [-0.39, 0.29) is 6.17 Å². The van der Waals surface area contributed by atoms with Gasteiger partial charge in [-0.2, -0.15) is 0 Å². The fraction of sp³-hybridized carbons (Fsp3) is 0.818. The predicted octanol–water partition coefficient (Wildman–Crippen LogP) is 6.06. The standard InChI is InChI=1S/C22H42N2O/c1-3-4-5-6-7-8-9-10-11-12-13-14-15-16-17-18-22-23-19-20-24(22)21(2)25/h11-12,19-23,25H,3-10,13-18H2,1-2H3/b12-11+. The molecule has 0 amide bonds. The van der Waals surface area contributed by atoms with Gasteiger partial charge in [0, 0.05) is 12.4 Å². The van der Waals surface area contributed by atoms with E-state index in [1.54, 1.807) is 0 Å². The van der Waals surface area contributed by atoms with Crippen molar-refractivity contribution in [3.8, 4) is 0 Å². The van der Waals surface area contributed by atoms with Crippen molar-refractivity contribution in [2.24, 2.45) is 0 Å². The van der Waals surface area contributed by atoms with E-state index in [9.17, 15) is 5.11 Å². The molecule has 2 atom stereocenters. The second-order valence-corrected chi connectivity index (χ2v) is 7.45. The number of unbranched alkanes of at least 4 members (excludes halogenated alkanes) is 11. The molecule has 0 saturated heterocycles. The summed E-state index contributed by atoms with van der Waals surface area (Å²) in [4.78, 5) is 1.99. The van der Waals surface area contributed by atoms with Gasteiger partial charge in [0.05, 0.1) is 0 Å². The number of hydrogen-bond acceptors (Lipinski definition) is 3. The largest absolute Gasteiger partial charge is 0.374 e. The average molecular weight is 351 g/mol. The van der Waals surface area contributed by atoms with Crippen LogP contribution in [0.15, 0.2) is 24.6 Å². The lowest BCUT2D eigenvalue weighted by Gasteiger charge is -2.28. The number of aliphatic hydroxyl groups is 1. The number of rotatable bonds is 16. The van der Waals surface area contributed by atoms with Gasteiger partial charge < -0.3 is 15.3 Å². The SMILES string of the molecule is CCCCCCCCC/C=C/CCCCCCC1NC=CN1C(C)O. The summed E-state index contributed by atoms with van der Waals surface area (Å²) in [5, 5.41) is 13.0. The van der Waals surface area contributed by atoms with Gasteiger partial charge in [-0.05, 0) is 45.4 Å². The number of allylic oxidation sites excluding steroid dienone is 2. The van der Waals surface area contributed by atoms with Crippen LogP contribution in [0.3, 0.4) is 0 Å². The van der Waals surface area contributed by atoms with Crippen LogP contribution < -0.4 is 5.32 Å². The number of hydrogen-bond donors (Lipinski definition) is 2. The minimum Gasteiger partial charge on any atom is -0.374 e. The third-order valence-electron chi connectivity index (χ3n) is 5.07. The molecule has 3 heteroatoms. The van der Waals surface area contributed by atoms with Crippen LogP contribution in [0.5, 0.6) is 0 Å². The Balaban J connectivity index is 1.82. The molecular formula is C22H42N2O. The summed E-state index contributed by atoms with van der Waals surface area (Å²) in [6.07, 6.45) is 27.1. The minimum atomic E-state index is -0.405. The highest BCUT2D eigenvalue weighted by Gasteiger charge is 2.20. The molecule has 0 aromatic rings. The van der Waals surface area contributed by atoms with E-state index in [0.29, 0.717) is 0 Å². The van der Waals surface area contributed by atoms with Crippen LogP contribution in [-0.4, -0.2) is 22.4 Å². The van der Waals surface area contributed by atoms with Crippen molar-refractivity contribution in [3.05, 3.63) is 24.6 Å². The van der Waals surface area contributed by atoms with E-state index in [1.165, 1.54) is 83.5 Å². The first kappa shape index (κ1) is 22.1. The molecule has 2 unspecified atom stereocenters. The van der Waals surface area contributed by atoms with Crippen LogP contribution in [0.4, 0.5) is 0 Å². The molecule has 0 aromatic carbocycles. The lowest BCUT2D eigenvalue weighted by Crippen LogP contribution is -2.40. The van der Waals surface area contributed by atoms with Crippen LogP contribution in [0, 0.1) is 0 Å². The molecule has 0 fully saturated rings. The van der Waals surface area contributed by atoms with Crippen LogP contribution >= 0.6 is 0 Å². The zero-order chi connectivity index (χ0) is 18.2. The molecule has 0 bridgehead atoms. The number of aliphatic hydroxyl groups excluding tert-OH is 1. The van der Waals surface area contributed by atoms with Crippen LogP contribution in [-0.2, 0) is 0 Å². The van der Waals surface area contributed by atoms with Crippen molar-refractivity contribution in [1.29, 1.82) is 0 Å². The summed E-state index contributed by atoms with van der Waals surface area (Å²) in [5.41, 5.74) is 0. The molecule has 146 valence electrons. The van der Waals surface area contributed by atoms with E-state index < -0.39 is 6.23 Å². The molecule has 1 aliphatic rings. The van der Waals surface area contributed by atoms with Crippen LogP contribution in [0.25, 0.3) is 0 Å². The fourth-order valence-corrected chi connectivity index (χ4v) is 3.46. The van der Waals surface area contributed by atoms with Gasteiger partial charge in [0.15, 0.2) is 0 Å². The Bertz CT molecular complexity index is 352. The van der Waals surface area contributed by atoms with Gasteiger partial charge in [-0.3, -0.25) is 0 Å².